The molecule has 0 rings (SSSR count). The second kappa shape index (κ2) is 9.51. The minimum absolute atomic E-state index is 0.627. The van der Waals surface area contributed by atoms with Gasteiger partial charge in [-0.15, -0.1) is 0 Å². The monoisotopic (exact) mass is 505 g/mol. The Bertz CT molecular complexity index is 830. The van der Waals surface area contributed by atoms with Gasteiger partial charge in [-0.05, 0) is 34.1 Å². The third kappa shape index (κ3) is 7.03. The van der Waals surface area contributed by atoms with Gasteiger partial charge in [-0.2, -0.15) is 30.7 Å². The van der Waals surface area contributed by atoms with E-state index in [1.54, 1.807) is 0 Å². The maximum absolute atomic E-state index is 13.7. The molecule has 0 radical (unpaired) electrons. The molecule has 0 saturated heterocycles. The molecule has 0 N–H and O–H groups in total. The molecule has 8 nitrogen and oxygen atoms in total. The summed E-state index contributed by atoms with van der Waals surface area (Å²) >= 11 is 0. The maximum atomic E-state index is 13.7. The molecule has 0 heterocycles. The van der Waals surface area contributed by atoms with Crippen LogP contribution >= 0.6 is 0 Å². The van der Waals surface area contributed by atoms with Crippen molar-refractivity contribution in [1.29, 1.82) is 0 Å². The van der Waals surface area contributed by atoms with Crippen molar-refractivity contribution in [3.8, 4) is 0 Å². The first kappa shape index (κ1) is 30.1. The third-order valence-corrected chi connectivity index (χ3v) is 4.23. The third-order valence-electron chi connectivity index (χ3n) is 3.31. The van der Waals surface area contributed by atoms with Gasteiger partial charge in [0.2, 0.25) is 0 Å². The van der Waals surface area contributed by atoms with E-state index in [4.69, 9.17) is 0 Å². The Hall–Kier alpha value is -1.94. The van der Waals surface area contributed by atoms with Crippen LogP contribution in [-0.2, 0) is 33.9 Å². The van der Waals surface area contributed by atoms with Gasteiger partial charge in [0.25, 0.3) is 0 Å². The van der Waals surface area contributed by atoms with Crippen molar-refractivity contribution in [3.05, 3.63) is 12.2 Å². The van der Waals surface area contributed by atoms with Crippen molar-refractivity contribution in [2.75, 3.05) is 6.61 Å². The van der Waals surface area contributed by atoms with Crippen LogP contribution in [0.5, 0.6) is 0 Å². The molecule has 0 aromatic heterocycles. The molecule has 0 aliphatic rings. The van der Waals surface area contributed by atoms with Crippen LogP contribution in [0.4, 0.5) is 30.7 Å². The van der Waals surface area contributed by atoms with E-state index in [0.717, 1.165) is 27.7 Å². The second-order valence-electron chi connectivity index (χ2n) is 7.41. The van der Waals surface area contributed by atoms with Crippen molar-refractivity contribution < 1.29 is 67.5 Å². The number of ether oxygens (including phenoxy) is 3. The van der Waals surface area contributed by atoms with Gasteiger partial charge in [-0.1, -0.05) is 6.58 Å². The first-order chi connectivity index (χ1) is 13.9. The van der Waals surface area contributed by atoms with Crippen LogP contribution in [0.2, 0.25) is 0 Å². The highest BCUT2D eigenvalue weighted by Gasteiger charge is 2.68. The van der Waals surface area contributed by atoms with Crippen LogP contribution in [0.1, 0.15) is 40.5 Å². The normalized spacial score (nSPS) is 15.6. The Labute approximate surface area is 178 Å². The summed E-state index contributed by atoms with van der Waals surface area (Å²) in [5, 5.41) is -6.07. The number of alkyl halides is 7. The first-order valence-corrected chi connectivity index (χ1v) is 9.86. The van der Waals surface area contributed by atoms with E-state index in [9.17, 15) is 53.3 Å². The lowest BCUT2D eigenvalue weighted by Gasteiger charge is -2.35. The summed E-state index contributed by atoms with van der Waals surface area (Å²) in [6.07, 6.45) is -9.41. The smallest absolute Gasteiger partial charge is 0.468 e. The van der Waals surface area contributed by atoms with E-state index in [1.165, 1.54) is 0 Å². The van der Waals surface area contributed by atoms with E-state index in [-0.39, 0.29) is 0 Å². The van der Waals surface area contributed by atoms with Crippen LogP contribution in [0, 0.1) is 0 Å². The van der Waals surface area contributed by atoms with Crippen LogP contribution in [0.3, 0.4) is 0 Å². The molecule has 0 aliphatic carbocycles. The number of rotatable bonds is 10. The van der Waals surface area contributed by atoms with Crippen molar-refractivity contribution in [2.24, 2.45) is 0 Å². The summed E-state index contributed by atoms with van der Waals surface area (Å²) in [4.78, 5) is 23.9. The lowest BCUT2D eigenvalue weighted by atomic mass is 10.1. The number of hydrogen-bond acceptors (Lipinski definition) is 8. The Morgan fingerprint density at radius 1 is 0.969 bits per heavy atom. The van der Waals surface area contributed by atoms with Gasteiger partial charge in [0.15, 0.2) is 10.1 Å². The summed E-state index contributed by atoms with van der Waals surface area (Å²) < 4.78 is 138. The first-order valence-electron chi connectivity index (χ1n) is 8.45. The number of carbonyl (C=O) groups is 2. The molecule has 1 atom stereocenters. The molecule has 0 aromatic rings. The van der Waals surface area contributed by atoms with Gasteiger partial charge >= 0.3 is 35.1 Å². The zero-order valence-electron chi connectivity index (χ0n) is 17.1. The van der Waals surface area contributed by atoms with E-state index in [2.05, 4.69) is 20.8 Å². The van der Waals surface area contributed by atoms with Gasteiger partial charge in [-0.25, -0.2) is 18.0 Å². The molecule has 0 spiro atoms. The number of halogens is 7. The average molecular weight is 505 g/mol. The molecule has 1 unspecified atom stereocenters. The van der Waals surface area contributed by atoms with Gasteiger partial charge < -0.3 is 18.8 Å². The predicted molar refractivity (Wildman–Crippen MR) is 90.3 cm³/mol. The maximum Gasteiger partial charge on any atom is 0.468 e. The molecule has 0 fully saturated rings. The van der Waals surface area contributed by atoms with Crippen molar-refractivity contribution in [1.82, 2.24) is 0 Å². The van der Waals surface area contributed by atoms with Crippen LogP contribution < -0.4 is 0 Å². The summed E-state index contributed by atoms with van der Waals surface area (Å²) in [7, 11) is -6.82. The van der Waals surface area contributed by atoms with E-state index < -0.39 is 75.8 Å². The molecule has 188 valence electrons. The van der Waals surface area contributed by atoms with Crippen molar-refractivity contribution in [3.63, 3.8) is 0 Å². The highest BCUT2D eigenvalue weighted by Crippen LogP contribution is 2.42. The molecule has 0 aliphatic heterocycles. The molecular weight excluding hydrogens is 485 g/mol. The average Bonchev–Trinajstić information content (AvgIpc) is 2.53. The zero-order chi connectivity index (χ0) is 26.0. The number of esters is 2. The Balaban J connectivity index is 5.88. The molecule has 0 amide bonds. The van der Waals surface area contributed by atoms with Gasteiger partial charge in [0.05, 0.1) is 6.61 Å². The summed E-state index contributed by atoms with van der Waals surface area (Å²) in [6.45, 7) is 5.76. The highest BCUT2D eigenvalue weighted by atomic mass is 32.2. The Kier molecular flexibility index (Phi) is 8.93. The van der Waals surface area contributed by atoms with Gasteiger partial charge in [0.1, 0.15) is 5.60 Å². The van der Waals surface area contributed by atoms with Crippen molar-refractivity contribution >= 4 is 22.1 Å². The fourth-order valence-corrected chi connectivity index (χ4v) is 2.25. The Morgan fingerprint density at radius 3 is 1.78 bits per heavy atom. The summed E-state index contributed by atoms with van der Waals surface area (Å²) in [5.41, 5.74) is -2.21. The topological polar surface area (TPSA) is 119 Å². The number of hydrogen-bond donors (Lipinski definition) is 0. The molecule has 32 heavy (non-hydrogen) atoms. The van der Waals surface area contributed by atoms with Gasteiger partial charge in [-0.3, -0.25) is 0 Å². The number of carbonyl (C=O) groups excluding carboxylic acids is 2. The van der Waals surface area contributed by atoms with Crippen molar-refractivity contribution in [2.45, 2.75) is 69.3 Å². The van der Waals surface area contributed by atoms with Crippen LogP contribution in [0.25, 0.3) is 0 Å². The zero-order valence-corrected chi connectivity index (χ0v) is 18.0. The largest absolute Gasteiger partial charge is 0.743 e. The van der Waals surface area contributed by atoms with E-state index >= 15 is 0 Å². The predicted octanol–water partition coefficient (Wildman–Crippen LogP) is 3.28. The Morgan fingerprint density at radius 2 is 1.44 bits per heavy atom. The molecule has 0 aromatic carbocycles. The SMILES string of the molecule is C=C(C)C(=O)OC(OCCCC(F)(F)C(F)(F)S(=O)(=O)[O-])(C(=O)OC(C)(C)C)C(F)(F)F. The standard InChI is InChI=1S/C16H21F7O8S/c1-9(2)10(24)30-14(15(19,20)21,11(25)31-12(3,4)5)29-8-6-7-13(17,18)16(22,23)32(26,27)28/h1,6-8H2,2-5H3,(H,26,27,28)/p-1. The fraction of sp³-hybridized carbons (Fsp3) is 0.750. The summed E-state index contributed by atoms with van der Waals surface area (Å²) in [5.74, 6) is -14.1. The van der Waals surface area contributed by atoms with Crippen LogP contribution in [0.15, 0.2) is 12.2 Å². The molecule has 0 bridgehead atoms. The molecule has 16 heteroatoms. The minimum Gasteiger partial charge on any atom is -0.743 e. The summed E-state index contributed by atoms with van der Waals surface area (Å²) in [6, 6.07) is 0. The lowest BCUT2D eigenvalue weighted by molar-refractivity contribution is -0.357. The molecular formula is C16H20F7O8S-. The fourth-order valence-electron chi connectivity index (χ4n) is 1.79. The minimum atomic E-state index is -6.82. The lowest BCUT2D eigenvalue weighted by Crippen LogP contribution is -2.59. The second-order valence-corrected chi connectivity index (χ2v) is 8.83. The van der Waals surface area contributed by atoms with E-state index in [0.29, 0.717) is 0 Å². The molecule has 0 saturated carbocycles. The highest BCUT2D eigenvalue weighted by molar-refractivity contribution is 7.86. The van der Waals surface area contributed by atoms with E-state index in [1.807, 2.05) is 0 Å². The van der Waals surface area contributed by atoms with Gasteiger partial charge in [0, 0.05) is 12.0 Å². The quantitative estimate of drug-likeness (QED) is 0.111. The van der Waals surface area contributed by atoms with Crippen LogP contribution in [-0.4, -0.2) is 60.3 Å².